The molecule has 5 heteroatoms. The summed E-state index contributed by atoms with van der Waals surface area (Å²) in [5.41, 5.74) is 3.11. The summed E-state index contributed by atoms with van der Waals surface area (Å²) < 4.78 is 0.923. The highest BCUT2D eigenvalue weighted by molar-refractivity contribution is 8.02. The molecule has 2 aromatic rings. The molecule has 0 bridgehead atoms. The first-order valence-electron chi connectivity index (χ1n) is 7.26. The van der Waals surface area contributed by atoms with Crippen LogP contribution in [0.4, 0.5) is 0 Å². The molecule has 0 spiro atoms. The highest BCUT2D eigenvalue weighted by Crippen LogP contribution is 2.31. The first-order chi connectivity index (χ1) is 10.2. The lowest BCUT2D eigenvalue weighted by molar-refractivity contribution is -0.121. The van der Waals surface area contributed by atoms with E-state index in [1.54, 1.807) is 11.3 Å². The minimum atomic E-state index is -0.207. The number of nitrogens with zero attached hydrogens (tertiary/aromatic N) is 1. The topological polar surface area (TPSA) is 42.0 Å². The van der Waals surface area contributed by atoms with Crippen molar-refractivity contribution in [3.8, 4) is 11.3 Å². The molecule has 1 N–H and O–H groups in total. The number of carbonyl (C=O) groups is 1. The zero-order valence-corrected chi connectivity index (χ0v) is 15.3. The van der Waals surface area contributed by atoms with Gasteiger partial charge in [-0.05, 0) is 34.6 Å². The average Bonchev–Trinajstić information content (AvgIpc) is 2.86. The van der Waals surface area contributed by atoms with Crippen LogP contribution in [0.15, 0.2) is 34.0 Å². The minimum Gasteiger partial charge on any atom is -0.351 e. The molecule has 0 unspecified atom stereocenters. The SMILES string of the molecule is Cc1ccc(-c2csc(S[C@@H](C)C(=O)NC(C)(C)C)n2)cc1. The molecule has 2 rings (SSSR count). The molecule has 0 aliphatic carbocycles. The van der Waals surface area contributed by atoms with Crippen molar-refractivity contribution in [3.63, 3.8) is 0 Å². The number of aromatic nitrogens is 1. The Morgan fingerprint density at radius 1 is 1.27 bits per heavy atom. The fourth-order valence-electron chi connectivity index (χ4n) is 1.84. The van der Waals surface area contributed by atoms with E-state index in [0.29, 0.717) is 0 Å². The van der Waals surface area contributed by atoms with E-state index in [4.69, 9.17) is 0 Å². The van der Waals surface area contributed by atoms with Crippen molar-refractivity contribution in [1.29, 1.82) is 0 Å². The molecule has 1 aromatic carbocycles. The summed E-state index contributed by atoms with van der Waals surface area (Å²) >= 11 is 3.09. The molecule has 0 fully saturated rings. The molecule has 1 aromatic heterocycles. The predicted octanol–water partition coefficient (Wildman–Crippen LogP) is 4.51. The van der Waals surface area contributed by atoms with E-state index < -0.39 is 0 Å². The number of rotatable bonds is 4. The van der Waals surface area contributed by atoms with Crippen LogP contribution in [0.5, 0.6) is 0 Å². The summed E-state index contributed by atoms with van der Waals surface area (Å²) in [6, 6.07) is 8.32. The van der Waals surface area contributed by atoms with Crippen molar-refractivity contribution >= 4 is 29.0 Å². The number of hydrogen-bond acceptors (Lipinski definition) is 4. The Morgan fingerprint density at radius 3 is 2.50 bits per heavy atom. The van der Waals surface area contributed by atoms with E-state index in [0.717, 1.165) is 15.6 Å². The van der Waals surface area contributed by atoms with Gasteiger partial charge in [-0.2, -0.15) is 0 Å². The number of aryl methyl sites for hydroxylation is 1. The summed E-state index contributed by atoms with van der Waals surface area (Å²) in [5.74, 6) is 0.0459. The molecule has 0 saturated heterocycles. The Kier molecular flexibility index (Phi) is 5.29. The number of amides is 1. The second-order valence-corrected chi connectivity index (χ2v) is 8.81. The highest BCUT2D eigenvalue weighted by atomic mass is 32.2. The third-order valence-electron chi connectivity index (χ3n) is 2.98. The highest BCUT2D eigenvalue weighted by Gasteiger charge is 2.21. The molecule has 0 aliphatic heterocycles. The summed E-state index contributed by atoms with van der Waals surface area (Å²) in [6.07, 6.45) is 0. The lowest BCUT2D eigenvalue weighted by atomic mass is 10.1. The third kappa shape index (κ3) is 4.85. The van der Waals surface area contributed by atoms with E-state index in [2.05, 4.69) is 41.5 Å². The van der Waals surface area contributed by atoms with Gasteiger partial charge in [-0.1, -0.05) is 41.6 Å². The maximum absolute atomic E-state index is 12.1. The van der Waals surface area contributed by atoms with Crippen molar-refractivity contribution < 1.29 is 4.79 Å². The monoisotopic (exact) mass is 334 g/mol. The molecule has 1 heterocycles. The number of benzene rings is 1. The molecule has 3 nitrogen and oxygen atoms in total. The average molecular weight is 335 g/mol. The molecule has 0 saturated carbocycles. The first-order valence-corrected chi connectivity index (χ1v) is 9.02. The summed E-state index contributed by atoms with van der Waals surface area (Å²) in [7, 11) is 0. The van der Waals surface area contributed by atoms with Gasteiger partial charge in [0.25, 0.3) is 0 Å². The van der Waals surface area contributed by atoms with Crippen LogP contribution < -0.4 is 5.32 Å². The van der Waals surface area contributed by atoms with E-state index in [1.807, 2.05) is 33.1 Å². The van der Waals surface area contributed by atoms with Gasteiger partial charge in [-0.15, -0.1) is 11.3 Å². The number of thioether (sulfide) groups is 1. The van der Waals surface area contributed by atoms with Gasteiger partial charge >= 0.3 is 0 Å². The van der Waals surface area contributed by atoms with E-state index in [1.165, 1.54) is 17.3 Å². The molecule has 118 valence electrons. The lowest BCUT2D eigenvalue weighted by Crippen LogP contribution is -2.44. The standard InChI is InChI=1S/C17H22N2OS2/c1-11-6-8-13(9-7-11)14-10-21-16(18-14)22-12(2)15(20)19-17(3,4)5/h6-10,12H,1-5H3,(H,19,20)/t12-/m0/s1. The number of thiazole rings is 1. The molecular formula is C17H22N2OS2. The zero-order chi connectivity index (χ0) is 16.3. The number of nitrogens with one attached hydrogen (secondary N) is 1. The Balaban J connectivity index is 2.03. The second-order valence-electron chi connectivity index (χ2n) is 6.36. The first kappa shape index (κ1) is 17.0. The third-order valence-corrected chi connectivity index (χ3v) is 5.05. The summed E-state index contributed by atoms with van der Waals surface area (Å²) in [6.45, 7) is 9.95. The van der Waals surface area contributed by atoms with Crippen LogP contribution in [-0.2, 0) is 4.79 Å². The van der Waals surface area contributed by atoms with Gasteiger partial charge in [0.15, 0.2) is 4.34 Å². The maximum atomic E-state index is 12.1. The van der Waals surface area contributed by atoms with Crippen LogP contribution in [0.1, 0.15) is 33.3 Å². The smallest absolute Gasteiger partial charge is 0.233 e. The van der Waals surface area contributed by atoms with Crippen LogP contribution in [0.3, 0.4) is 0 Å². The van der Waals surface area contributed by atoms with Gasteiger partial charge in [0.05, 0.1) is 10.9 Å². The maximum Gasteiger partial charge on any atom is 0.233 e. The zero-order valence-electron chi connectivity index (χ0n) is 13.6. The Labute approximate surface area is 140 Å². The van der Waals surface area contributed by atoms with Crippen molar-refractivity contribution in [3.05, 3.63) is 35.2 Å². The Morgan fingerprint density at radius 2 is 1.91 bits per heavy atom. The Hall–Kier alpha value is -1.33. The van der Waals surface area contributed by atoms with Crippen LogP contribution in [0.25, 0.3) is 11.3 Å². The summed E-state index contributed by atoms with van der Waals surface area (Å²) in [4.78, 5) is 16.8. The van der Waals surface area contributed by atoms with Crippen LogP contribution in [0.2, 0.25) is 0 Å². The predicted molar refractivity (Wildman–Crippen MR) is 95.5 cm³/mol. The second kappa shape index (κ2) is 6.84. The van der Waals surface area contributed by atoms with Crippen LogP contribution >= 0.6 is 23.1 Å². The fraction of sp³-hybridized carbons (Fsp3) is 0.412. The largest absolute Gasteiger partial charge is 0.351 e. The molecule has 0 aliphatic rings. The normalized spacial score (nSPS) is 13.0. The molecule has 1 atom stereocenters. The minimum absolute atomic E-state index is 0.0459. The fourth-order valence-corrected chi connectivity index (χ4v) is 3.82. The van der Waals surface area contributed by atoms with Gasteiger partial charge < -0.3 is 5.32 Å². The lowest BCUT2D eigenvalue weighted by Gasteiger charge is -2.22. The molecular weight excluding hydrogens is 312 g/mol. The van der Waals surface area contributed by atoms with E-state index in [9.17, 15) is 4.79 Å². The number of hydrogen-bond donors (Lipinski definition) is 1. The summed E-state index contributed by atoms with van der Waals surface area (Å²) in [5, 5.41) is 4.89. The van der Waals surface area contributed by atoms with Gasteiger partial charge in [0, 0.05) is 16.5 Å². The van der Waals surface area contributed by atoms with Gasteiger partial charge in [0.2, 0.25) is 5.91 Å². The van der Waals surface area contributed by atoms with Crippen LogP contribution in [-0.4, -0.2) is 21.7 Å². The molecule has 22 heavy (non-hydrogen) atoms. The van der Waals surface area contributed by atoms with Crippen molar-refractivity contribution in [2.45, 2.75) is 49.7 Å². The van der Waals surface area contributed by atoms with Crippen molar-refractivity contribution in [1.82, 2.24) is 10.3 Å². The molecule has 1 amide bonds. The van der Waals surface area contributed by atoms with Gasteiger partial charge in [-0.3, -0.25) is 4.79 Å². The van der Waals surface area contributed by atoms with Crippen LogP contribution in [0, 0.1) is 6.92 Å². The van der Waals surface area contributed by atoms with Crippen molar-refractivity contribution in [2.24, 2.45) is 0 Å². The molecule has 0 radical (unpaired) electrons. The quantitative estimate of drug-likeness (QED) is 0.836. The van der Waals surface area contributed by atoms with Gasteiger partial charge in [0.1, 0.15) is 0 Å². The van der Waals surface area contributed by atoms with E-state index >= 15 is 0 Å². The van der Waals surface area contributed by atoms with Gasteiger partial charge in [-0.25, -0.2) is 4.98 Å². The van der Waals surface area contributed by atoms with Crippen molar-refractivity contribution in [2.75, 3.05) is 0 Å². The Bertz CT molecular complexity index is 641. The number of carbonyl (C=O) groups excluding carboxylic acids is 1. The van der Waals surface area contributed by atoms with E-state index in [-0.39, 0.29) is 16.7 Å².